The van der Waals surface area contributed by atoms with Crippen molar-refractivity contribution in [3.63, 3.8) is 0 Å². The number of nitrogens with two attached hydrogens (primary N) is 1. The smallest absolute Gasteiger partial charge is 0.284 e. The van der Waals surface area contributed by atoms with Gasteiger partial charge < -0.3 is 10.5 Å². The van der Waals surface area contributed by atoms with Crippen molar-refractivity contribution in [1.29, 1.82) is 0 Å². The van der Waals surface area contributed by atoms with Gasteiger partial charge in [0.05, 0.1) is 17.6 Å². The lowest BCUT2D eigenvalue weighted by atomic mass is 9.93. The number of hydrogen-bond acceptors (Lipinski definition) is 5. The van der Waals surface area contributed by atoms with E-state index in [1.807, 2.05) is 6.92 Å². The van der Waals surface area contributed by atoms with Crippen molar-refractivity contribution < 1.29 is 13.5 Å². The molecule has 3 rings (SSSR count). The molecule has 27 heavy (non-hydrogen) atoms. The van der Waals surface area contributed by atoms with Crippen LogP contribution in [0.5, 0.6) is 5.75 Å². The monoisotopic (exact) mass is 375 g/mol. The molecular weight excluding hydrogens is 352 g/mol. The molecule has 0 unspecified atom stereocenters. The predicted octanol–water partition coefficient (Wildman–Crippen LogP) is 3.87. The van der Waals surface area contributed by atoms with Crippen LogP contribution in [-0.4, -0.2) is 31.7 Å². The molecule has 8 heteroatoms. The van der Waals surface area contributed by atoms with Gasteiger partial charge in [-0.1, -0.05) is 13.8 Å². The molecule has 6 nitrogen and oxygen atoms in total. The maximum atomic E-state index is 13.6. The third-order valence-electron chi connectivity index (χ3n) is 4.08. The van der Waals surface area contributed by atoms with Gasteiger partial charge in [0.15, 0.2) is 5.65 Å². The van der Waals surface area contributed by atoms with Crippen LogP contribution in [0.4, 0.5) is 8.78 Å². The van der Waals surface area contributed by atoms with Crippen molar-refractivity contribution in [1.82, 2.24) is 19.6 Å². The molecule has 0 aromatic carbocycles. The molecule has 3 aromatic rings. The van der Waals surface area contributed by atoms with Crippen molar-refractivity contribution in [2.45, 2.75) is 39.2 Å². The highest BCUT2D eigenvalue weighted by Gasteiger charge is 2.24. The number of alkyl halides is 2. The highest BCUT2D eigenvalue weighted by molar-refractivity contribution is 5.59. The van der Waals surface area contributed by atoms with Gasteiger partial charge in [-0.3, -0.25) is 0 Å². The molecule has 1 atom stereocenters. The average molecular weight is 375 g/mol. The van der Waals surface area contributed by atoms with Crippen LogP contribution in [0, 0.1) is 5.92 Å². The summed E-state index contributed by atoms with van der Waals surface area (Å²) in [7, 11) is 0. The molecule has 0 amide bonds. The molecule has 3 aromatic heterocycles. The number of halogens is 2. The number of fused-ring (bicyclic) bond motifs is 1. The fourth-order valence-corrected chi connectivity index (χ4v) is 3.15. The lowest BCUT2D eigenvalue weighted by molar-refractivity contribution is 0.134. The van der Waals surface area contributed by atoms with E-state index in [2.05, 4.69) is 28.9 Å². The first-order valence-electron chi connectivity index (χ1n) is 8.77. The number of ether oxygens (including phenoxy) is 1. The Hall–Kier alpha value is -2.61. The Labute approximate surface area is 156 Å². The zero-order valence-corrected chi connectivity index (χ0v) is 15.6. The van der Waals surface area contributed by atoms with Crippen LogP contribution in [0.25, 0.3) is 17.0 Å². The fraction of sp³-hybridized carbons (Fsp3) is 0.421. The van der Waals surface area contributed by atoms with E-state index < -0.39 is 17.7 Å². The average Bonchev–Trinajstić information content (AvgIpc) is 3.07. The van der Waals surface area contributed by atoms with Crippen LogP contribution in [0.1, 0.15) is 39.3 Å². The summed E-state index contributed by atoms with van der Waals surface area (Å²) < 4.78 is 34.4. The van der Waals surface area contributed by atoms with E-state index in [1.54, 1.807) is 35.1 Å². The third kappa shape index (κ3) is 4.39. The number of nitrogens with zero attached hydrogens (tertiary/aromatic N) is 4. The van der Waals surface area contributed by atoms with Gasteiger partial charge in [0, 0.05) is 17.8 Å². The first-order valence-corrected chi connectivity index (χ1v) is 8.77. The molecule has 0 saturated heterocycles. The van der Waals surface area contributed by atoms with Gasteiger partial charge in [-0.05, 0) is 37.5 Å². The number of rotatable bonds is 7. The minimum atomic E-state index is -2.77. The third-order valence-corrected chi connectivity index (χ3v) is 4.08. The molecule has 0 radical (unpaired) electrons. The van der Waals surface area contributed by atoms with Crippen LogP contribution >= 0.6 is 0 Å². The largest absolute Gasteiger partial charge is 0.490 e. The second kappa shape index (κ2) is 7.56. The minimum Gasteiger partial charge on any atom is -0.490 e. The molecule has 2 N–H and O–H groups in total. The highest BCUT2D eigenvalue weighted by atomic mass is 19.3. The van der Waals surface area contributed by atoms with Gasteiger partial charge in [0.2, 0.25) is 0 Å². The van der Waals surface area contributed by atoms with Gasteiger partial charge in [0.1, 0.15) is 18.1 Å². The maximum absolute atomic E-state index is 13.6. The van der Waals surface area contributed by atoms with Gasteiger partial charge >= 0.3 is 0 Å². The Morgan fingerprint density at radius 2 is 1.96 bits per heavy atom. The number of hydrogen-bond donors (Lipinski definition) is 1. The molecule has 144 valence electrons. The zero-order chi connectivity index (χ0) is 19.6. The second-order valence-electron chi connectivity index (χ2n) is 7.35. The Bertz CT molecular complexity index is 923. The quantitative estimate of drug-likeness (QED) is 0.678. The topological polar surface area (TPSA) is 78.3 Å². The number of aromatic nitrogens is 4. The summed E-state index contributed by atoms with van der Waals surface area (Å²) in [5.74, 6) is 0.418. The van der Waals surface area contributed by atoms with Gasteiger partial charge in [-0.2, -0.15) is 5.10 Å². The van der Waals surface area contributed by atoms with E-state index in [4.69, 9.17) is 10.5 Å². The molecule has 0 spiro atoms. The first-order chi connectivity index (χ1) is 12.8. The summed E-state index contributed by atoms with van der Waals surface area (Å²) in [5.41, 5.74) is 6.74. The molecule has 3 heterocycles. The lowest BCUT2D eigenvalue weighted by Gasteiger charge is -2.27. The minimum absolute atomic E-state index is 0.0416. The van der Waals surface area contributed by atoms with Crippen LogP contribution in [0.3, 0.4) is 0 Å². The first kappa shape index (κ1) is 19.2. The molecule has 0 saturated carbocycles. The molecule has 0 aliphatic heterocycles. The summed E-state index contributed by atoms with van der Waals surface area (Å²) in [6.45, 7) is 6.08. The van der Waals surface area contributed by atoms with E-state index in [0.29, 0.717) is 23.0 Å². The molecule has 0 aliphatic rings. The number of pyridine rings is 1. The van der Waals surface area contributed by atoms with E-state index in [-0.39, 0.29) is 12.4 Å². The fourth-order valence-electron chi connectivity index (χ4n) is 3.15. The Kier molecular flexibility index (Phi) is 5.36. The summed E-state index contributed by atoms with van der Waals surface area (Å²) in [6.07, 6.45) is 1.13. The SMILES string of the molecule is CC(C)C[C@@](C)(N)COc1ccc(-c2ccnc3ccnn23)nc1C(F)F. The summed E-state index contributed by atoms with van der Waals surface area (Å²) >= 11 is 0. The second-order valence-corrected chi connectivity index (χ2v) is 7.35. The standard InChI is InChI=1S/C19H23F2N5O/c1-12(2)10-19(3,22)11-27-15-5-4-13(25-17(15)18(20)21)14-6-8-23-16-7-9-24-26(14)16/h4-9,12,18H,10-11,22H2,1-3H3/t19-/m1/s1. The Morgan fingerprint density at radius 3 is 2.67 bits per heavy atom. The Balaban J connectivity index is 1.91. The predicted molar refractivity (Wildman–Crippen MR) is 98.7 cm³/mol. The van der Waals surface area contributed by atoms with E-state index >= 15 is 0 Å². The van der Waals surface area contributed by atoms with Crippen molar-refractivity contribution in [3.8, 4) is 17.1 Å². The van der Waals surface area contributed by atoms with Crippen molar-refractivity contribution in [2.75, 3.05) is 6.61 Å². The van der Waals surface area contributed by atoms with E-state index in [9.17, 15) is 8.78 Å². The Morgan fingerprint density at radius 1 is 1.19 bits per heavy atom. The zero-order valence-electron chi connectivity index (χ0n) is 15.6. The maximum Gasteiger partial charge on any atom is 0.284 e. The summed E-state index contributed by atoms with van der Waals surface area (Å²) in [4.78, 5) is 8.30. The molecular formula is C19H23F2N5O. The van der Waals surface area contributed by atoms with Crippen molar-refractivity contribution in [3.05, 3.63) is 42.4 Å². The van der Waals surface area contributed by atoms with Crippen LogP contribution in [0.2, 0.25) is 0 Å². The van der Waals surface area contributed by atoms with Gasteiger partial charge in [-0.15, -0.1) is 0 Å². The van der Waals surface area contributed by atoms with Crippen LogP contribution in [0.15, 0.2) is 36.7 Å². The van der Waals surface area contributed by atoms with Crippen molar-refractivity contribution >= 4 is 5.65 Å². The molecule has 0 aliphatic carbocycles. The summed E-state index contributed by atoms with van der Waals surface area (Å²) in [5, 5.41) is 4.17. The normalized spacial score (nSPS) is 14.1. The van der Waals surface area contributed by atoms with Gasteiger partial charge in [0.25, 0.3) is 6.43 Å². The van der Waals surface area contributed by atoms with E-state index in [1.165, 1.54) is 6.07 Å². The van der Waals surface area contributed by atoms with Crippen LogP contribution < -0.4 is 10.5 Å². The highest BCUT2D eigenvalue weighted by Crippen LogP contribution is 2.31. The van der Waals surface area contributed by atoms with Crippen molar-refractivity contribution in [2.24, 2.45) is 11.7 Å². The summed E-state index contributed by atoms with van der Waals surface area (Å²) in [6, 6.07) is 6.54. The molecule has 0 fully saturated rings. The van der Waals surface area contributed by atoms with E-state index in [0.717, 1.165) is 6.42 Å². The lowest BCUT2D eigenvalue weighted by Crippen LogP contribution is -2.43. The van der Waals surface area contributed by atoms with Gasteiger partial charge in [-0.25, -0.2) is 23.3 Å². The van der Waals surface area contributed by atoms with Crippen LogP contribution in [-0.2, 0) is 0 Å². The molecule has 0 bridgehead atoms.